The molecule has 1 aliphatic carbocycles. The molecule has 2 aliphatic heterocycles. The van der Waals surface area contributed by atoms with E-state index in [1.54, 1.807) is 27.9 Å². The Kier molecular flexibility index (Phi) is 5.61. The van der Waals surface area contributed by atoms with E-state index in [0.717, 1.165) is 48.6 Å². The third kappa shape index (κ3) is 4.74. The number of halogens is 2. The smallest absolute Gasteiger partial charge is 0.271 e. The molecule has 0 bridgehead atoms. The topological polar surface area (TPSA) is 93.2 Å². The van der Waals surface area contributed by atoms with Gasteiger partial charge in [-0.3, -0.25) is 10.1 Å². The van der Waals surface area contributed by atoms with E-state index < -0.39 is 5.92 Å². The minimum Gasteiger partial charge on any atom is -0.370 e. The molecule has 9 nitrogen and oxygen atoms in total. The number of aryl methyl sites for hydroxylation is 1. The number of non-ortho nitro benzene ring substituents is 1. The van der Waals surface area contributed by atoms with Gasteiger partial charge in [-0.1, -0.05) is 0 Å². The Bertz CT molecular complexity index is 1330. The predicted molar refractivity (Wildman–Crippen MR) is 135 cm³/mol. The Morgan fingerprint density at radius 1 is 0.919 bits per heavy atom. The molecule has 0 atom stereocenters. The molecule has 0 unspecified atom stereocenters. The maximum Gasteiger partial charge on any atom is 0.271 e. The van der Waals surface area contributed by atoms with Gasteiger partial charge in [0.05, 0.1) is 28.2 Å². The Morgan fingerprint density at radius 2 is 1.62 bits per heavy atom. The Labute approximate surface area is 213 Å². The van der Waals surface area contributed by atoms with Crippen molar-refractivity contribution in [2.75, 3.05) is 36.0 Å². The first kappa shape index (κ1) is 23.7. The van der Waals surface area contributed by atoms with Gasteiger partial charge in [-0.05, 0) is 50.2 Å². The van der Waals surface area contributed by atoms with Crippen molar-refractivity contribution in [3.63, 3.8) is 0 Å². The molecule has 1 spiro atoms. The highest BCUT2D eigenvalue weighted by Crippen LogP contribution is 2.54. The second-order valence-corrected chi connectivity index (χ2v) is 10.6. The highest BCUT2D eigenvalue weighted by Gasteiger charge is 2.44. The summed E-state index contributed by atoms with van der Waals surface area (Å²) >= 11 is 0. The summed E-state index contributed by atoms with van der Waals surface area (Å²) in [7, 11) is 0. The van der Waals surface area contributed by atoms with E-state index in [1.165, 1.54) is 18.9 Å². The molecular weight excluding hydrogens is 480 g/mol. The minimum absolute atomic E-state index is 0.0565. The van der Waals surface area contributed by atoms with Gasteiger partial charge in [0.25, 0.3) is 11.6 Å². The highest BCUT2D eigenvalue weighted by molar-refractivity contribution is 5.68. The third-order valence-electron chi connectivity index (χ3n) is 8.04. The van der Waals surface area contributed by atoms with Crippen molar-refractivity contribution in [2.24, 2.45) is 5.41 Å². The number of rotatable bonds is 5. The molecule has 194 valence electrons. The second kappa shape index (κ2) is 8.74. The van der Waals surface area contributed by atoms with Crippen LogP contribution in [0.1, 0.15) is 44.2 Å². The summed E-state index contributed by atoms with van der Waals surface area (Å²) in [6.45, 7) is 4.00. The van der Waals surface area contributed by atoms with Crippen molar-refractivity contribution in [2.45, 2.75) is 51.4 Å². The molecule has 3 fully saturated rings. The third-order valence-corrected chi connectivity index (χ3v) is 8.04. The zero-order valence-electron chi connectivity index (χ0n) is 20.7. The molecule has 2 saturated heterocycles. The van der Waals surface area contributed by atoms with Crippen LogP contribution >= 0.6 is 0 Å². The fourth-order valence-electron chi connectivity index (χ4n) is 5.43. The van der Waals surface area contributed by atoms with Crippen LogP contribution in [0.4, 0.5) is 26.1 Å². The Balaban J connectivity index is 1.30. The van der Waals surface area contributed by atoms with Crippen LogP contribution in [-0.2, 0) is 0 Å². The molecule has 6 rings (SSSR count). The van der Waals surface area contributed by atoms with E-state index in [2.05, 4.69) is 20.0 Å². The molecule has 0 amide bonds. The van der Waals surface area contributed by atoms with Gasteiger partial charge in [-0.2, -0.15) is 5.10 Å². The van der Waals surface area contributed by atoms with Crippen molar-refractivity contribution in [3.05, 3.63) is 52.5 Å². The number of nitro groups is 1. The molecule has 37 heavy (non-hydrogen) atoms. The standard InChI is InChI=1S/C26H29F2N7O2/c1-18-14-21(31-24(30-18)33-12-8-26(27,28)9-13-33)19-16-29-34(17-19)22-3-2-20(35(36)37)15-23(22)32-10-6-25(4-5-25)7-11-32/h2-3,14-17H,4-13H2,1H3. The average Bonchev–Trinajstić information content (AvgIpc) is 3.44. The van der Waals surface area contributed by atoms with E-state index in [4.69, 9.17) is 0 Å². The summed E-state index contributed by atoms with van der Waals surface area (Å²) in [4.78, 5) is 24.3. The largest absolute Gasteiger partial charge is 0.370 e. The molecule has 11 heteroatoms. The zero-order valence-corrected chi connectivity index (χ0v) is 20.7. The van der Waals surface area contributed by atoms with Crippen LogP contribution in [-0.4, -0.2) is 56.8 Å². The molecule has 2 aromatic heterocycles. The minimum atomic E-state index is -2.64. The van der Waals surface area contributed by atoms with Gasteiger partial charge >= 0.3 is 0 Å². The summed E-state index contributed by atoms with van der Waals surface area (Å²) in [5.41, 5.74) is 4.27. The summed E-state index contributed by atoms with van der Waals surface area (Å²) < 4.78 is 29.0. The van der Waals surface area contributed by atoms with Gasteiger partial charge in [0.2, 0.25) is 5.95 Å². The fraction of sp³-hybridized carbons (Fsp3) is 0.500. The Morgan fingerprint density at radius 3 is 2.30 bits per heavy atom. The van der Waals surface area contributed by atoms with Crippen LogP contribution in [0.5, 0.6) is 0 Å². The average molecular weight is 510 g/mol. The lowest BCUT2D eigenvalue weighted by atomic mass is 9.93. The summed E-state index contributed by atoms with van der Waals surface area (Å²) in [5, 5.41) is 16.1. The summed E-state index contributed by atoms with van der Waals surface area (Å²) in [6.07, 6.45) is 7.91. The van der Waals surface area contributed by atoms with Crippen LogP contribution in [0.15, 0.2) is 36.7 Å². The van der Waals surface area contributed by atoms with Gasteiger partial charge in [-0.15, -0.1) is 0 Å². The van der Waals surface area contributed by atoms with Crippen molar-refractivity contribution >= 4 is 17.3 Å². The first-order valence-corrected chi connectivity index (χ1v) is 12.8. The maximum atomic E-state index is 13.6. The normalized spacial score (nSPS) is 20.3. The van der Waals surface area contributed by atoms with Gasteiger partial charge < -0.3 is 9.80 Å². The molecular formula is C26H29F2N7O2. The van der Waals surface area contributed by atoms with Crippen LogP contribution in [0, 0.1) is 22.5 Å². The lowest BCUT2D eigenvalue weighted by Gasteiger charge is -2.34. The van der Waals surface area contributed by atoms with Gasteiger partial charge in [0.1, 0.15) is 0 Å². The Hall–Kier alpha value is -3.63. The van der Waals surface area contributed by atoms with E-state index in [0.29, 0.717) is 17.1 Å². The number of hydrogen-bond donors (Lipinski definition) is 0. The van der Waals surface area contributed by atoms with E-state index in [9.17, 15) is 18.9 Å². The predicted octanol–water partition coefficient (Wildman–Crippen LogP) is 5.16. The second-order valence-electron chi connectivity index (χ2n) is 10.6. The lowest BCUT2D eigenvalue weighted by Crippen LogP contribution is -2.40. The van der Waals surface area contributed by atoms with E-state index >= 15 is 0 Å². The SMILES string of the molecule is Cc1cc(-c2cnn(-c3ccc([N+](=O)[O-])cc3N3CCC4(CC3)CC4)c2)nc(N2CCC(F)(F)CC2)n1. The van der Waals surface area contributed by atoms with E-state index in [1.807, 2.05) is 19.2 Å². The molecule has 1 aromatic carbocycles. The number of nitrogens with zero attached hydrogens (tertiary/aromatic N) is 7. The van der Waals surface area contributed by atoms with Gasteiger partial charge in [0.15, 0.2) is 0 Å². The molecule has 3 aliphatic rings. The monoisotopic (exact) mass is 509 g/mol. The number of piperidine rings is 2. The summed E-state index contributed by atoms with van der Waals surface area (Å²) in [6, 6.07) is 6.74. The highest BCUT2D eigenvalue weighted by atomic mass is 19.3. The number of benzene rings is 1. The van der Waals surface area contributed by atoms with Gasteiger partial charge in [0, 0.05) is 68.6 Å². The number of anilines is 2. The number of alkyl halides is 2. The molecule has 3 aromatic rings. The zero-order chi connectivity index (χ0) is 25.8. The fourth-order valence-corrected chi connectivity index (χ4v) is 5.43. The first-order valence-electron chi connectivity index (χ1n) is 12.8. The first-order chi connectivity index (χ1) is 17.7. The number of aromatic nitrogens is 4. The molecule has 4 heterocycles. The number of hydrogen-bond acceptors (Lipinski definition) is 7. The van der Waals surface area contributed by atoms with E-state index in [-0.39, 0.29) is 36.5 Å². The lowest BCUT2D eigenvalue weighted by molar-refractivity contribution is -0.384. The van der Waals surface area contributed by atoms with Crippen molar-refractivity contribution < 1.29 is 13.7 Å². The molecule has 1 saturated carbocycles. The quantitative estimate of drug-likeness (QED) is 0.346. The molecule has 0 radical (unpaired) electrons. The molecule has 0 N–H and O–H groups in total. The summed E-state index contributed by atoms with van der Waals surface area (Å²) in [5.74, 6) is -2.20. The van der Waals surface area contributed by atoms with Crippen molar-refractivity contribution in [1.82, 2.24) is 19.7 Å². The van der Waals surface area contributed by atoms with Crippen LogP contribution < -0.4 is 9.80 Å². The van der Waals surface area contributed by atoms with Crippen molar-refractivity contribution in [1.29, 1.82) is 0 Å². The van der Waals surface area contributed by atoms with Crippen LogP contribution in [0.3, 0.4) is 0 Å². The van der Waals surface area contributed by atoms with Gasteiger partial charge in [-0.25, -0.2) is 23.4 Å². The maximum absolute atomic E-state index is 13.6. The van der Waals surface area contributed by atoms with Crippen LogP contribution in [0.2, 0.25) is 0 Å². The number of nitro benzene ring substituents is 1. The van der Waals surface area contributed by atoms with Crippen molar-refractivity contribution in [3.8, 4) is 16.9 Å². The van der Waals surface area contributed by atoms with Crippen LogP contribution in [0.25, 0.3) is 16.9 Å².